The van der Waals surface area contributed by atoms with Crippen LogP contribution in [0.4, 0.5) is 4.39 Å². The van der Waals surface area contributed by atoms with Crippen molar-refractivity contribution >= 4 is 11.8 Å². The van der Waals surface area contributed by atoms with Crippen LogP contribution in [-0.4, -0.2) is 10.7 Å². The smallest absolute Gasteiger partial charge is 0.167 e. The first-order valence-corrected chi connectivity index (χ1v) is 8.69. The summed E-state index contributed by atoms with van der Waals surface area (Å²) in [4.78, 5) is 11.7. The highest BCUT2D eigenvalue weighted by Gasteiger charge is 2.14. The van der Waals surface area contributed by atoms with Crippen LogP contribution in [0.25, 0.3) is 16.6 Å². The van der Waals surface area contributed by atoms with Gasteiger partial charge in [-0.25, -0.2) is 4.39 Å². The van der Waals surface area contributed by atoms with Crippen LogP contribution < -0.4 is 4.74 Å². The first kappa shape index (κ1) is 17.0. The van der Waals surface area contributed by atoms with Gasteiger partial charge in [0.15, 0.2) is 17.9 Å². The molecule has 0 atom stereocenters. The minimum Gasteiger partial charge on any atom is -0.486 e. The van der Waals surface area contributed by atoms with Crippen molar-refractivity contribution in [2.45, 2.75) is 13.5 Å². The number of pyridine rings is 1. The number of benzene rings is 2. The molecule has 4 heteroatoms. The van der Waals surface area contributed by atoms with Crippen LogP contribution in [0.2, 0.25) is 0 Å². The fourth-order valence-corrected chi connectivity index (χ4v) is 3.17. The number of nitrogens with zero attached hydrogens (tertiary/aromatic N) is 1. The van der Waals surface area contributed by atoms with Crippen molar-refractivity contribution in [1.82, 2.24) is 4.40 Å². The molecule has 0 aliphatic carbocycles. The zero-order valence-electron chi connectivity index (χ0n) is 14.9. The molecular weight excluding hydrogens is 341 g/mol. The van der Waals surface area contributed by atoms with Crippen LogP contribution in [0.5, 0.6) is 5.75 Å². The van der Waals surface area contributed by atoms with Crippen LogP contribution in [-0.2, 0) is 6.61 Å². The molecule has 2 aromatic carbocycles. The first-order valence-electron chi connectivity index (χ1n) is 8.69. The lowest BCUT2D eigenvalue weighted by atomic mass is 10.1. The summed E-state index contributed by atoms with van der Waals surface area (Å²) in [5.41, 5.74) is 4.75. The van der Waals surface area contributed by atoms with Gasteiger partial charge in [0, 0.05) is 17.3 Å². The van der Waals surface area contributed by atoms with Crippen LogP contribution in [0, 0.1) is 12.7 Å². The van der Waals surface area contributed by atoms with Gasteiger partial charge in [-0.05, 0) is 47.9 Å². The van der Waals surface area contributed by atoms with E-state index in [1.165, 1.54) is 6.07 Å². The van der Waals surface area contributed by atoms with E-state index in [1.807, 2.05) is 66.1 Å². The second kappa shape index (κ2) is 7.08. The Kier molecular flexibility index (Phi) is 4.47. The van der Waals surface area contributed by atoms with Crippen molar-refractivity contribution in [2.75, 3.05) is 0 Å². The van der Waals surface area contributed by atoms with Gasteiger partial charge in [-0.15, -0.1) is 0 Å². The largest absolute Gasteiger partial charge is 0.486 e. The summed E-state index contributed by atoms with van der Waals surface area (Å²) in [7, 11) is 0. The van der Waals surface area contributed by atoms with Gasteiger partial charge in [0.25, 0.3) is 0 Å². The molecule has 0 spiro atoms. The maximum Gasteiger partial charge on any atom is 0.167 e. The summed E-state index contributed by atoms with van der Waals surface area (Å²) in [5, 5.41) is 0. The number of carbonyl (C=O) groups excluding carboxylic acids is 1. The molecule has 0 radical (unpaired) electrons. The van der Waals surface area contributed by atoms with E-state index < -0.39 is 5.82 Å². The van der Waals surface area contributed by atoms with E-state index in [0.29, 0.717) is 23.4 Å². The number of aryl methyl sites for hydroxylation is 1. The standard InChI is InChI=1S/C23H18FNO2/c1-16-7-9-19-12-20(22(14-26)25(19)13-16)18-8-10-23(21(24)11-18)27-15-17-5-3-2-4-6-17/h2-14H,15H2,1H3. The number of aldehydes is 1. The molecular formula is C23H18FNO2. The average molecular weight is 359 g/mol. The number of halogens is 1. The van der Waals surface area contributed by atoms with Crippen LogP contribution >= 0.6 is 0 Å². The predicted molar refractivity (Wildman–Crippen MR) is 104 cm³/mol. The third-order valence-corrected chi connectivity index (χ3v) is 4.55. The normalized spacial score (nSPS) is 10.9. The molecule has 2 heterocycles. The Bertz CT molecular complexity index is 1120. The summed E-state index contributed by atoms with van der Waals surface area (Å²) >= 11 is 0. The fourth-order valence-electron chi connectivity index (χ4n) is 3.17. The molecule has 0 unspecified atom stereocenters. The number of ether oxygens (including phenoxy) is 1. The predicted octanol–water partition coefficient (Wildman–Crippen LogP) is 5.45. The third kappa shape index (κ3) is 3.34. The zero-order valence-corrected chi connectivity index (χ0v) is 14.9. The quantitative estimate of drug-likeness (QED) is 0.444. The Labute approximate surface area is 156 Å². The molecule has 2 aromatic heterocycles. The topological polar surface area (TPSA) is 30.7 Å². The van der Waals surface area contributed by atoms with Gasteiger partial charge in [-0.1, -0.05) is 42.5 Å². The molecule has 4 aromatic rings. The van der Waals surface area contributed by atoms with Crippen LogP contribution in [0.3, 0.4) is 0 Å². The lowest BCUT2D eigenvalue weighted by Crippen LogP contribution is -1.98. The number of hydrogen-bond acceptors (Lipinski definition) is 2. The summed E-state index contributed by atoms with van der Waals surface area (Å²) in [6, 6.07) is 20.2. The summed E-state index contributed by atoms with van der Waals surface area (Å²) in [6.45, 7) is 2.26. The summed E-state index contributed by atoms with van der Waals surface area (Å²) in [5.74, 6) is -0.262. The molecule has 0 amide bonds. The second-order valence-corrected chi connectivity index (χ2v) is 6.48. The van der Waals surface area contributed by atoms with Gasteiger partial charge < -0.3 is 9.14 Å². The number of rotatable bonds is 5. The Balaban J connectivity index is 1.66. The highest BCUT2D eigenvalue weighted by Crippen LogP contribution is 2.30. The SMILES string of the molecule is Cc1ccc2cc(-c3ccc(OCc4ccccc4)c(F)c3)c(C=O)n2c1. The lowest BCUT2D eigenvalue weighted by Gasteiger charge is -2.09. The van der Waals surface area contributed by atoms with Crippen molar-refractivity contribution < 1.29 is 13.9 Å². The monoisotopic (exact) mass is 359 g/mol. The van der Waals surface area contributed by atoms with E-state index in [2.05, 4.69) is 0 Å². The molecule has 0 bridgehead atoms. The van der Waals surface area contributed by atoms with Crippen molar-refractivity contribution in [3.8, 4) is 16.9 Å². The van der Waals surface area contributed by atoms with E-state index in [-0.39, 0.29) is 5.75 Å². The molecule has 0 N–H and O–H groups in total. The van der Waals surface area contributed by atoms with Crippen molar-refractivity contribution in [2.24, 2.45) is 0 Å². The fraction of sp³-hybridized carbons (Fsp3) is 0.0870. The van der Waals surface area contributed by atoms with Crippen LogP contribution in [0.15, 0.2) is 72.9 Å². The molecule has 0 saturated heterocycles. The second-order valence-electron chi connectivity index (χ2n) is 6.48. The van der Waals surface area contributed by atoms with E-state index in [1.54, 1.807) is 12.1 Å². The minimum absolute atomic E-state index is 0.190. The third-order valence-electron chi connectivity index (χ3n) is 4.55. The maximum atomic E-state index is 14.6. The van der Waals surface area contributed by atoms with E-state index in [4.69, 9.17) is 4.74 Å². The Morgan fingerprint density at radius 2 is 1.85 bits per heavy atom. The number of hydrogen-bond donors (Lipinski definition) is 0. The van der Waals surface area contributed by atoms with E-state index >= 15 is 0 Å². The van der Waals surface area contributed by atoms with Crippen molar-refractivity contribution in [3.05, 3.63) is 95.6 Å². The van der Waals surface area contributed by atoms with Gasteiger partial charge in [-0.2, -0.15) is 0 Å². The van der Waals surface area contributed by atoms with Gasteiger partial charge in [0.05, 0.1) is 5.69 Å². The summed E-state index contributed by atoms with van der Waals surface area (Å²) in [6.07, 6.45) is 2.70. The molecule has 4 rings (SSSR count). The molecule has 0 aliphatic heterocycles. The average Bonchev–Trinajstić information content (AvgIpc) is 3.05. The van der Waals surface area contributed by atoms with Gasteiger partial charge >= 0.3 is 0 Å². The molecule has 0 saturated carbocycles. The minimum atomic E-state index is -0.452. The van der Waals surface area contributed by atoms with E-state index in [0.717, 1.165) is 22.9 Å². The number of aromatic nitrogens is 1. The number of fused-ring (bicyclic) bond motifs is 1. The van der Waals surface area contributed by atoms with Crippen molar-refractivity contribution in [3.63, 3.8) is 0 Å². The molecule has 0 aliphatic rings. The van der Waals surface area contributed by atoms with Gasteiger partial charge in [0.1, 0.15) is 6.61 Å². The maximum absolute atomic E-state index is 14.6. The molecule has 0 fully saturated rings. The molecule has 27 heavy (non-hydrogen) atoms. The Morgan fingerprint density at radius 3 is 2.59 bits per heavy atom. The van der Waals surface area contributed by atoms with Gasteiger partial charge in [0.2, 0.25) is 0 Å². The van der Waals surface area contributed by atoms with E-state index in [9.17, 15) is 9.18 Å². The Hall–Kier alpha value is -3.40. The lowest BCUT2D eigenvalue weighted by molar-refractivity contribution is 0.111. The highest BCUT2D eigenvalue weighted by molar-refractivity contribution is 5.90. The molecule has 134 valence electrons. The first-order chi connectivity index (χ1) is 13.2. The van der Waals surface area contributed by atoms with Gasteiger partial charge in [-0.3, -0.25) is 4.79 Å². The Morgan fingerprint density at radius 1 is 1.04 bits per heavy atom. The molecule has 3 nitrogen and oxygen atoms in total. The summed E-state index contributed by atoms with van der Waals surface area (Å²) < 4.78 is 22.0. The highest BCUT2D eigenvalue weighted by atomic mass is 19.1. The van der Waals surface area contributed by atoms with Crippen molar-refractivity contribution in [1.29, 1.82) is 0 Å². The zero-order chi connectivity index (χ0) is 18.8. The van der Waals surface area contributed by atoms with Crippen LogP contribution in [0.1, 0.15) is 21.6 Å². The number of carbonyl (C=O) groups is 1.